The standard InChI is InChI=1S/C12H16BrFN2/c1-7-4-10(7)12(16-15)6-8-5-9(13)2-3-11(8)14/h2-3,5,7,10,12,16H,4,6,15H2,1H3. The van der Waals surface area contributed by atoms with E-state index in [0.29, 0.717) is 18.3 Å². The Balaban J connectivity index is 2.09. The fourth-order valence-electron chi connectivity index (χ4n) is 2.18. The minimum Gasteiger partial charge on any atom is -0.271 e. The van der Waals surface area contributed by atoms with E-state index in [2.05, 4.69) is 28.3 Å². The molecule has 1 fully saturated rings. The predicted octanol–water partition coefficient (Wildman–Crippen LogP) is 2.62. The second kappa shape index (κ2) is 4.82. The summed E-state index contributed by atoms with van der Waals surface area (Å²) in [5, 5.41) is 0. The van der Waals surface area contributed by atoms with Crippen molar-refractivity contribution in [2.75, 3.05) is 0 Å². The molecular weight excluding hydrogens is 271 g/mol. The van der Waals surface area contributed by atoms with Crippen molar-refractivity contribution >= 4 is 15.9 Å². The normalized spacial score (nSPS) is 25.5. The molecule has 1 aliphatic rings. The zero-order chi connectivity index (χ0) is 11.7. The van der Waals surface area contributed by atoms with E-state index in [1.165, 1.54) is 12.5 Å². The molecule has 0 heterocycles. The highest BCUT2D eigenvalue weighted by Crippen LogP contribution is 2.41. The first kappa shape index (κ1) is 12.0. The van der Waals surface area contributed by atoms with E-state index in [1.54, 1.807) is 6.07 Å². The Kier molecular flexibility index (Phi) is 3.62. The summed E-state index contributed by atoms with van der Waals surface area (Å²) in [6.07, 6.45) is 1.83. The van der Waals surface area contributed by atoms with Gasteiger partial charge < -0.3 is 0 Å². The third kappa shape index (κ3) is 2.62. The van der Waals surface area contributed by atoms with Crippen LogP contribution in [0.4, 0.5) is 4.39 Å². The van der Waals surface area contributed by atoms with E-state index in [1.807, 2.05) is 6.07 Å². The zero-order valence-electron chi connectivity index (χ0n) is 9.21. The zero-order valence-corrected chi connectivity index (χ0v) is 10.8. The molecule has 0 aliphatic heterocycles. The summed E-state index contributed by atoms with van der Waals surface area (Å²) >= 11 is 3.35. The molecule has 3 atom stereocenters. The molecule has 1 aromatic rings. The summed E-state index contributed by atoms with van der Waals surface area (Å²) < 4.78 is 14.5. The van der Waals surface area contributed by atoms with E-state index in [0.717, 1.165) is 10.0 Å². The van der Waals surface area contributed by atoms with Crippen molar-refractivity contribution in [2.24, 2.45) is 17.7 Å². The Hall–Kier alpha value is -0.450. The maximum Gasteiger partial charge on any atom is 0.126 e. The number of hydrazine groups is 1. The highest BCUT2D eigenvalue weighted by atomic mass is 79.9. The highest BCUT2D eigenvalue weighted by Gasteiger charge is 2.39. The van der Waals surface area contributed by atoms with Crippen LogP contribution in [0.15, 0.2) is 22.7 Å². The molecule has 2 rings (SSSR count). The molecule has 1 aromatic carbocycles. The van der Waals surface area contributed by atoms with Crippen molar-refractivity contribution in [2.45, 2.75) is 25.8 Å². The van der Waals surface area contributed by atoms with Crippen molar-refractivity contribution in [3.05, 3.63) is 34.1 Å². The van der Waals surface area contributed by atoms with Crippen LogP contribution in [0.5, 0.6) is 0 Å². The first-order chi connectivity index (χ1) is 7.61. The molecule has 3 N–H and O–H groups in total. The van der Waals surface area contributed by atoms with E-state index in [9.17, 15) is 4.39 Å². The Labute approximate surface area is 104 Å². The number of nitrogens with two attached hydrogens (primary N) is 1. The van der Waals surface area contributed by atoms with E-state index < -0.39 is 0 Å². The van der Waals surface area contributed by atoms with Gasteiger partial charge in [-0.05, 0) is 48.4 Å². The molecule has 0 radical (unpaired) electrons. The van der Waals surface area contributed by atoms with Crippen LogP contribution in [0.2, 0.25) is 0 Å². The smallest absolute Gasteiger partial charge is 0.126 e. The quantitative estimate of drug-likeness (QED) is 0.660. The van der Waals surface area contributed by atoms with Crippen LogP contribution in [0.1, 0.15) is 18.9 Å². The van der Waals surface area contributed by atoms with Gasteiger partial charge in [0.1, 0.15) is 5.82 Å². The second-order valence-electron chi connectivity index (χ2n) is 4.59. The predicted molar refractivity (Wildman–Crippen MR) is 66.2 cm³/mol. The molecule has 0 spiro atoms. The molecule has 3 unspecified atom stereocenters. The molecule has 2 nitrogen and oxygen atoms in total. The summed E-state index contributed by atoms with van der Waals surface area (Å²) in [5.74, 6) is 6.66. The summed E-state index contributed by atoms with van der Waals surface area (Å²) in [5.41, 5.74) is 3.53. The van der Waals surface area contributed by atoms with Crippen molar-refractivity contribution in [1.82, 2.24) is 5.43 Å². The second-order valence-corrected chi connectivity index (χ2v) is 5.51. The van der Waals surface area contributed by atoms with Gasteiger partial charge in [0.2, 0.25) is 0 Å². The summed E-state index contributed by atoms with van der Waals surface area (Å²) in [7, 11) is 0. The molecule has 16 heavy (non-hydrogen) atoms. The van der Waals surface area contributed by atoms with Crippen LogP contribution in [0.3, 0.4) is 0 Å². The topological polar surface area (TPSA) is 38.0 Å². The first-order valence-electron chi connectivity index (χ1n) is 5.52. The lowest BCUT2D eigenvalue weighted by Gasteiger charge is -2.16. The van der Waals surface area contributed by atoms with Gasteiger partial charge in [-0.25, -0.2) is 4.39 Å². The van der Waals surface area contributed by atoms with Crippen LogP contribution >= 0.6 is 15.9 Å². The summed E-state index contributed by atoms with van der Waals surface area (Å²) in [6, 6.07) is 5.21. The van der Waals surface area contributed by atoms with Gasteiger partial charge in [0.05, 0.1) is 0 Å². The van der Waals surface area contributed by atoms with Crippen molar-refractivity contribution in [3.63, 3.8) is 0 Å². The third-order valence-corrected chi connectivity index (χ3v) is 3.84. The number of hydrogen-bond donors (Lipinski definition) is 2. The van der Waals surface area contributed by atoms with E-state index in [-0.39, 0.29) is 11.9 Å². The number of benzene rings is 1. The molecule has 0 saturated heterocycles. The fourth-order valence-corrected chi connectivity index (χ4v) is 2.59. The van der Waals surface area contributed by atoms with E-state index >= 15 is 0 Å². The third-order valence-electron chi connectivity index (χ3n) is 3.35. The van der Waals surface area contributed by atoms with Gasteiger partial charge in [0, 0.05) is 10.5 Å². The number of hydrogen-bond acceptors (Lipinski definition) is 2. The summed E-state index contributed by atoms with van der Waals surface area (Å²) in [6.45, 7) is 2.20. The Morgan fingerprint density at radius 1 is 1.62 bits per heavy atom. The maximum atomic E-state index is 13.6. The number of nitrogens with one attached hydrogen (secondary N) is 1. The minimum atomic E-state index is -0.156. The van der Waals surface area contributed by atoms with Crippen molar-refractivity contribution < 1.29 is 4.39 Å². The van der Waals surface area contributed by atoms with Gasteiger partial charge in [0.15, 0.2) is 0 Å². The largest absolute Gasteiger partial charge is 0.271 e. The fraction of sp³-hybridized carbons (Fsp3) is 0.500. The molecule has 4 heteroatoms. The molecule has 1 saturated carbocycles. The lowest BCUT2D eigenvalue weighted by molar-refractivity contribution is 0.446. The van der Waals surface area contributed by atoms with Gasteiger partial charge in [0.25, 0.3) is 0 Å². The molecule has 1 aliphatic carbocycles. The van der Waals surface area contributed by atoms with Gasteiger partial charge >= 0.3 is 0 Å². The molecule has 0 amide bonds. The van der Waals surface area contributed by atoms with Crippen LogP contribution in [-0.4, -0.2) is 6.04 Å². The highest BCUT2D eigenvalue weighted by molar-refractivity contribution is 9.10. The van der Waals surface area contributed by atoms with Crippen molar-refractivity contribution in [3.8, 4) is 0 Å². The van der Waals surface area contributed by atoms with Gasteiger partial charge in [-0.3, -0.25) is 11.3 Å². The average Bonchev–Trinajstić information content (AvgIpc) is 2.97. The lowest BCUT2D eigenvalue weighted by Crippen LogP contribution is -2.39. The first-order valence-corrected chi connectivity index (χ1v) is 6.31. The Morgan fingerprint density at radius 2 is 2.31 bits per heavy atom. The van der Waals surface area contributed by atoms with E-state index in [4.69, 9.17) is 5.84 Å². The number of rotatable bonds is 4. The van der Waals surface area contributed by atoms with Crippen molar-refractivity contribution in [1.29, 1.82) is 0 Å². The van der Waals surface area contributed by atoms with Gasteiger partial charge in [-0.15, -0.1) is 0 Å². The molecular formula is C12H16BrFN2. The van der Waals surface area contributed by atoms with Gasteiger partial charge in [-0.2, -0.15) is 0 Å². The monoisotopic (exact) mass is 286 g/mol. The Bertz CT molecular complexity index is 383. The van der Waals surface area contributed by atoms with Crippen LogP contribution in [0.25, 0.3) is 0 Å². The number of halogens is 2. The van der Waals surface area contributed by atoms with Gasteiger partial charge in [-0.1, -0.05) is 22.9 Å². The maximum absolute atomic E-state index is 13.6. The SMILES string of the molecule is CC1CC1C(Cc1cc(Br)ccc1F)NN. The minimum absolute atomic E-state index is 0.156. The molecule has 88 valence electrons. The lowest BCUT2D eigenvalue weighted by atomic mass is 10.0. The van der Waals surface area contributed by atoms with Crippen LogP contribution < -0.4 is 11.3 Å². The average molecular weight is 287 g/mol. The molecule has 0 aromatic heterocycles. The molecule has 0 bridgehead atoms. The summed E-state index contributed by atoms with van der Waals surface area (Å²) in [4.78, 5) is 0. The van der Waals surface area contributed by atoms with Crippen LogP contribution in [0, 0.1) is 17.7 Å². The van der Waals surface area contributed by atoms with Crippen LogP contribution in [-0.2, 0) is 6.42 Å². The Morgan fingerprint density at radius 3 is 2.88 bits per heavy atom.